The molecule has 3 heteroatoms. The van der Waals surface area contributed by atoms with E-state index in [2.05, 4.69) is 30.3 Å². The number of nitrogens with zero attached hydrogens (tertiary/aromatic N) is 2. The summed E-state index contributed by atoms with van der Waals surface area (Å²) < 4.78 is 5.58. The van der Waals surface area contributed by atoms with Gasteiger partial charge in [-0.1, -0.05) is 78.9 Å². The van der Waals surface area contributed by atoms with Crippen molar-refractivity contribution in [1.82, 2.24) is 9.97 Å². The average molecular weight is 378 g/mol. The summed E-state index contributed by atoms with van der Waals surface area (Å²) in [6.07, 6.45) is 4.09. The van der Waals surface area contributed by atoms with Gasteiger partial charge in [0.05, 0.1) is 29.9 Å². The van der Waals surface area contributed by atoms with E-state index in [0.717, 1.165) is 45.2 Å². The molecule has 0 aliphatic heterocycles. The normalized spacial score (nSPS) is 11.0. The Morgan fingerprint density at radius 2 is 1.34 bits per heavy atom. The van der Waals surface area contributed by atoms with E-state index in [4.69, 9.17) is 14.7 Å². The van der Waals surface area contributed by atoms with Gasteiger partial charge in [-0.3, -0.25) is 0 Å². The van der Waals surface area contributed by atoms with E-state index >= 15 is 0 Å². The predicted molar refractivity (Wildman–Crippen MR) is 120 cm³/mol. The highest BCUT2D eigenvalue weighted by molar-refractivity contribution is 5.81. The molecule has 0 aliphatic rings. The van der Waals surface area contributed by atoms with Crippen LogP contribution in [0.25, 0.3) is 34.7 Å². The first-order valence-electron chi connectivity index (χ1n) is 9.57. The van der Waals surface area contributed by atoms with Gasteiger partial charge in [0.1, 0.15) is 5.75 Å². The largest absolute Gasteiger partial charge is 0.496 e. The second kappa shape index (κ2) is 8.53. The number of hydrogen-bond donors (Lipinski definition) is 0. The van der Waals surface area contributed by atoms with Crippen LogP contribution in [0.4, 0.5) is 0 Å². The van der Waals surface area contributed by atoms with Crippen LogP contribution in [-0.4, -0.2) is 17.1 Å². The topological polar surface area (TPSA) is 35.0 Å². The van der Waals surface area contributed by atoms with Crippen molar-refractivity contribution < 1.29 is 4.74 Å². The molecule has 1 aromatic heterocycles. The number of aromatic nitrogens is 2. The van der Waals surface area contributed by atoms with E-state index in [1.807, 2.05) is 73.7 Å². The standard InChI is InChI=1S/C26H22N2O/c1-19-25(21-13-7-4-8-14-21)28-23(18-17-20-11-5-3-6-12-20)26(27-19)22-15-9-10-16-24(22)29-2/h3-18H,1-2H3/b18-17+. The van der Waals surface area contributed by atoms with Gasteiger partial charge < -0.3 is 4.74 Å². The van der Waals surface area contributed by atoms with Crippen LogP contribution in [0.3, 0.4) is 0 Å². The highest BCUT2D eigenvalue weighted by Crippen LogP contribution is 2.33. The van der Waals surface area contributed by atoms with Crippen molar-refractivity contribution in [2.24, 2.45) is 0 Å². The van der Waals surface area contributed by atoms with Gasteiger partial charge in [-0.2, -0.15) is 0 Å². The molecule has 0 unspecified atom stereocenters. The Balaban J connectivity index is 1.90. The fraction of sp³-hybridized carbons (Fsp3) is 0.0769. The fourth-order valence-corrected chi connectivity index (χ4v) is 3.30. The summed E-state index contributed by atoms with van der Waals surface area (Å²) in [6.45, 7) is 2.00. The molecule has 0 fully saturated rings. The Kier molecular flexibility index (Phi) is 5.48. The molecule has 3 nitrogen and oxygen atoms in total. The van der Waals surface area contributed by atoms with Crippen LogP contribution in [0.5, 0.6) is 5.75 Å². The smallest absolute Gasteiger partial charge is 0.128 e. The Morgan fingerprint density at radius 3 is 2.07 bits per heavy atom. The molecule has 0 spiro atoms. The molecular formula is C26H22N2O. The van der Waals surface area contributed by atoms with Crippen LogP contribution in [0.15, 0.2) is 84.9 Å². The fourth-order valence-electron chi connectivity index (χ4n) is 3.30. The van der Waals surface area contributed by atoms with E-state index in [0.29, 0.717) is 0 Å². The van der Waals surface area contributed by atoms with Crippen molar-refractivity contribution >= 4 is 12.2 Å². The number of para-hydroxylation sites is 1. The molecular weight excluding hydrogens is 356 g/mol. The van der Waals surface area contributed by atoms with Crippen molar-refractivity contribution in [2.45, 2.75) is 6.92 Å². The minimum Gasteiger partial charge on any atom is -0.496 e. The minimum absolute atomic E-state index is 0.781. The van der Waals surface area contributed by atoms with Crippen LogP contribution in [-0.2, 0) is 0 Å². The van der Waals surface area contributed by atoms with Gasteiger partial charge >= 0.3 is 0 Å². The molecule has 0 N–H and O–H groups in total. The summed E-state index contributed by atoms with van der Waals surface area (Å²) >= 11 is 0. The summed E-state index contributed by atoms with van der Waals surface area (Å²) in [6, 6.07) is 28.3. The molecule has 0 amide bonds. The first-order chi connectivity index (χ1) is 14.3. The van der Waals surface area contributed by atoms with Gasteiger partial charge in [-0.25, -0.2) is 9.97 Å². The lowest BCUT2D eigenvalue weighted by Crippen LogP contribution is -2.01. The average Bonchev–Trinajstić information content (AvgIpc) is 2.79. The molecule has 4 aromatic rings. The lowest BCUT2D eigenvalue weighted by atomic mass is 10.0. The number of rotatable bonds is 5. The molecule has 29 heavy (non-hydrogen) atoms. The first-order valence-corrected chi connectivity index (χ1v) is 9.57. The highest BCUT2D eigenvalue weighted by Gasteiger charge is 2.15. The van der Waals surface area contributed by atoms with E-state index in [1.165, 1.54) is 0 Å². The second-order valence-corrected chi connectivity index (χ2v) is 6.70. The molecule has 1 heterocycles. The highest BCUT2D eigenvalue weighted by atomic mass is 16.5. The van der Waals surface area contributed by atoms with E-state index in [-0.39, 0.29) is 0 Å². The van der Waals surface area contributed by atoms with Crippen molar-refractivity contribution in [1.29, 1.82) is 0 Å². The summed E-state index contributed by atoms with van der Waals surface area (Å²) in [5.41, 5.74) is 6.49. The van der Waals surface area contributed by atoms with Gasteiger partial charge in [0, 0.05) is 11.1 Å². The maximum atomic E-state index is 5.58. The Morgan fingerprint density at radius 1 is 0.690 bits per heavy atom. The van der Waals surface area contributed by atoms with Crippen LogP contribution < -0.4 is 4.74 Å². The van der Waals surface area contributed by atoms with E-state index in [1.54, 1.807) is 7.11 Å². The molecule has 3 aromatic carbocycles. The van der Waals surface area contributed by atoms with Crippen LogP contribution in [0, 0.1) is 6.92 Å². The summed E-state index contributed by atoms with van der Waals surface area (Å²) in [7, 11) is 1.68. The summed E-state index contributed by atoms with van der Waals surface area (Å²) in [5, 5.41) is 0. The third-order valence-electron chi connectivity index (χ3n) is 4.74. The Hall–Kier alpha value is -3.72. The van der Waals surface area contributed by atoms with Gasteiger partial charge in [0.15, 0.2) is 0 Å². The SMILES string of the molecule is COc1ccccc1-c1nc(C)c(-c2ccccc2)nc1/C=C/c1ccccc1. The second-order valence-electron chi connectivity index (χ2n) is 6.70. The number of methoxy groups -OCH3 is 1. The number of aryl methyl sites for hydroxylation is 1. The van der Waals surface area contributed by atoms with Gasteiger partial charge in [0.2, 0.25) is 0 Å². The molecule has 0 saturated carbocycles. The summed E-state index contributed by atoms with van der Waals surface area (Å²) in [5.74, 6) is 0.781. The lowest BCUT2D eigenvalue weighted by molar-refractivity contribution is 0.416. The molecule has 4 rings (SSSR count). The molecule has 0 radical (unpaired) electrons. The number of ether oxygens (including phenoxy) is 1. The third kappa shape index (κ3) is 4.09. The van der Waals surface area contributed by atoms with Crippen LogP contribution >= 0.6 is 0 Å². The number of benzene rings is 3. The molecule has 0 saturated heterocycles. The van der Waals surface area contributed by atoms with Crippen molar-refractivity contribution in [3.63, 3.8) is 0 Å². The lowest BCUT2D eigenvalue weighted by Gasteiger charge is -2.13. The van der Waals surface area contributed by atoms with Crippen molar-refractivity contribution in [3.8, 4) is 28.3 Å². The zero-order valence-corrected chi connectivity index (χ0v) is 16.5. The first kappa shape index (κ1) is 18.6. The summed E-state index contributed by atoms with van der Waals surface area (Å²) in [4.78, 5) is 9.95. The Labute approximate surface area is 171 Å². The molecule has 0 atom stereocenters. The number of hydrogen-bond acceptors (Lipinski definition) is 3. The zero-order chi connectivity index (χ0) is 20.1. The molecule has 0 aliphatic carbocycles. The van der Waals surface area contributed by atoms with Crippen LogP contribution in [0.1, 0.15) is 17.0 Å². The van der Waals surface area contributed by atoms with Gasteiger partial charge in [-0.15, -0.1) is 0 Å². The third-order valence-corrected chi connectivity index (χ3v) is 4.74. The van der Waals surface area contributed by atoms with Crippen LogP contribution in [0.2, 0.25) is 0 Å². The molecule has 0 bridgehead atoms. The van der Waals surface area contributed by atoms with Gasteiger partial charge in [-0.05, 0) is 30.7 Å². The molecule has 142 valence electrons. The van der Waals surface area contributed by atoms with Crippen molar-refractivity contribution in [2.75, 3.05) is 7.11 Å². The van der Waals surface area contributed by atoms with Gasteiger partial charge in [0.25, 0.3) is 0 Å². The maximum absolute atomic E-state index is 5.58. The zero-order valence-electron chi connectivity index (χ0n) is 16.5. The van der Waals surface area contributed by atoms with E-state index < -0.39 is 0 Å². The maximum Gasteiger partial charge on any atom is 0.128 e. The quantitative estimate of drug-likeness (QED) is 0.409. The van der Waals surface area contributed by atoms with Crippen molar-refractivity contribution in [3.05, 3.63) is 102 Å². The predicted octanol–water partition coefficient (Wildman–Crippen LogP) is 6.30. The van der Waals surface area contributed by atoms with E-state index in [9.17, 15) is 0 Å². The minimum atomic E-state index is 0.781. The Bertz CT molecular complexity index is 1140. The monoisotopic (exact) mass is 378 g/mol.